The van der Waals surface area contributed by atoms with Crippen molar-refractivity contribution < 1.29 is 9.21 Å². The van der Waals surface area contributed by atoms with Crippen molar-refractivity contribution in [3.05, 3.63) is 46.4 Å². The van der Waals surface area contributed by atoms with E-state index >= 15 is 0 Å². The van der Waals surface area contributed by atoms with Gasteiger partial charge in [-0.2, -0.15) is 0 Å². The summed E-state index contributed by atoms with van der Waals surface area (Å²) in [7, 11) is 4.00. The molecule has 1 amide bonds. The molecule has 2 heterocycles. The highest BCUT2D eigenvalue weighted by molar-refractivity contribution is 7.22. The number of carbonyl (C=O) groups is 1. The van der Waals surface area contributed by atoms with Gasteiger partial charge in [0.25, 0.3) is 5.91 Å². The second kappa shape index (κ2) is 8.42. The first kappa shape index (κ1) is 21.4. The van der Waals surface area contributed by atoms with Gasteiger partial charge in [-0.3, -0.25) is 9.69 Å². The number of hydrogen-bond acceptors (Lipinski definition) is 5. The lowest BCUT2D eigenvalue weighted by molar-refractivity contribution is 0.0983. The molecule has 0 aliphatic rings. The fourth-order valence-corrected chi connectivity index (χ4v) is 4.09. The average Bonchev–Trinajstić information content (AvgIpc) is 3.10. The zero-order valence-corrected chi connectivity index (χ0v) is 18.3. The molecule has 3 aromatic rings. The number of furan rings is 1. The van der Waals surface area contributed by atoms with Crippen LogP contribution in [0.3, 0.4) is 0 Å². The van der Waals surface area contributed by atoms with Gasteiger partial charge in [-0.25, -0.2) is 4.98 Å². The number of fused-ring (bicyclic) bond motifs is 1. The highest BCUT2D eigenvalue weighted by atomic mass is 35.5. The Morgan fingerprint density at radius 2 is 1.81 bits per heavy atom. The van der Waals surface area contributed by atoms with E-state index in [4.69, 9.17) is 9.40 Å². The van der Waals surface area contributed by atoms with Crippen molar-refractivity contribution in [2.45, 2.75) is 27.7 Å². The molecular formula is C20H26ClN3O2S. The Morgan fingerprint density at radius 1 is 1.11 bits per heavy atom. The third-order valence-electron chi connectivity index (χ3n) is 4.33. The van der Waals surface area contributed by atoms with E-state index in [0.717, 1.165) is 27.7 Å². The molecule has 0 aliphatic heterocycles. The van der Waals surface area contributed by atoms with Crippen LogP contribution in [0.2, 0.25) is 0 Å². The second-order valence-electron chi connectivity index (χ2n) is 7.01. The van der Waals surface area contributed by atoms with Gasteiger partial charge in [0.05, 0.1) is 15.8 Å². The summed E-state index contributed by atoms with van der Waals surface area (Å²) in [6.07, 6.45) is 0. The number of halogens is 1. The minimum absolute atomic E-state index is 0. The summed E-state index contributed by atoms with van der Waals surface area (Å²) in [6.45, 7) is 9.18. The van der Waals surface area contributed by atoms with Gasteiger partial charge in [0.1, 0.15) is 11.5 Å². The summed E-state index contributed by atoms with van der Waals surface area (Å²) >= 11 is 1.57. The van der Waals surface area contributed by atoms with Crippen molar-refractivity contribution >= 4 is 45.0 Å². The molecule has 0 atom stereocenters. The van der Waals surface area contributed by atoms with Crippen molar-refractivity contribution in [2.75, 3.05) is 32.1 Å². The van der Waals surface area contributed by atoms with E-state index in [0.29, 0.717) is 17.9 Å². The van der Waals surface area contributed by atoms with Crippen molar-refractivity contribution in [2.24, 2.45) is 0 Å². The number of benzene rings is 1. The molecule has 0 saturated carbocycles. The summed E-state index contributed by atoms with van der Waals surface area (Å²) < 4.78 is 6.70. The number of carbonyl (C=O) groups excluding carboxylic acids is 1. The molecule has 0 bridgehead atoms. The summed E-state index contributed by atoms with van der Waals surface area (Å²) in [5, 5.41) is 0.735. The zero-order valence-electron chi connectivity index (χ0n) is 16.6. The van der Waals surface area contributed by atoms with Gasteiger partial charge in [-0.05, 0) is 65.0 Å². The number of hydrogen-bond donors (Lipinski definition) is 0. The van der Waals surface area contributed by atoms with Gasteiger partial charge in [0.15, 0.2) is 5.13 Å². The van der Waals surface area contributed by atoms with Gasteiger partial charge >= 0.3 is 0 Å². The molecule has 0 radical (unpaired) electrons. The van der Waals surface area contributed by atoms with Crippen molar-refractivity contribution in [1.29, 1.82) is 0 Å². The molecular weight excluding hydrogens is 382 g/mol. The fourth-order valence-electron chi connectivity index (χ4n) is 3.05. The summed E-state index contributed by atoms with van der Waals surface area (Å²) in [4.78, 5) is 21.8. The minimum Gasteiger partial charge on any atom is -0.466 e. The molecule has 5 nitrogen and oxygen atoms in total. The smallest absolute Gasteiger partial charge is 0.263 e. The first-order valence-corrected chi connectivity index (χ1v) is 9.49. The van der Waals surface area contributed by atoms with Crippen LogP contribution in [0.4, 0.5) is 5.13 Å². The van der Waals surface area contributed by atoms with E-state index in [1.807, 2.05) is 34.0 Å². The fraction of sp³-hybridized carbons (Fsp3) is 0.400. The number of nitrogens with zero attached hydrogens (tertiary/aromatic N) is 3. The Labute approximate surface area is 170 Å². The van der Waals surface area contributed by atoms with E-state index in [2.05, 4.69) is 30.9 Å². The predicted molar refractivity (Wildman–Crippen MR) is 115 cm³/mol. The highest BCUT2D eigenvalue weighted by Gasteiger charge is 2.25. The molecule has 7 heteroatoms. The lowest BCUT2D eigenvalue weighted by Gasteiger charge is -2.21. The molecule has 27 heavy (non-hydrogen) atoms. The molecule has 2 aromatic heterocycles. The Morgan fingerprint density at radius 3 is 2.41 bits per heavy atom. The minimum atomic E-state index is -0.0605. The van der Waals surface area contributed by atoms with Gasteiger partial charge < -0.3 is 9.32 Å². The molecule has 0 N–H and O–H groups in total. The van der Waals surface area contributed by atoms with Gasteiger partial charge in [-0.1, -0.05) is 17.4 Å². The number of thiazole rings is 1. The Balaban J connectivity index is 0.00000261. The second-order valence-corrected chi connectivity index (χ2v) is 7.99. The summed E-state index contributed by atoms with van der Waals surface area (Å²) in [5.41, 5.74) is 3.93. The Kier molecular flexibility index (Phi) is 6.68. The maximum atomic E-state index is 13.2. The van der Waals surface area contributed by atoms with Crippen LogP contribution < -0.4 is 4.90 Å². The molecule has 0 unspecified atom stereocenters. The standard InChI is InChI=1S/C20H25N3O2S.ClH/c1-12-9-13(2)18-17(10-12)21-20(26-18)23(8-7-22(5)6)19(24)16-11-14(3)25-15(16)4;/h9-11H,7-8H2,1-6H3;1H. The highest BCUT2D eigenvalue weighted by Crippen LogP contribution is 2.33. The number of anilines is 1. The summed E-state index contributed by atoms with van der Waals surface area (Å²) in [5.74, 6) is 1.33. The quantitative estimate of drug-likeness (QED) is 0.612. The van der Waals surface area contributed by atoms with Crippen LogP contribution in [-0.4, -0.2) is 43.0 Å². The van der Waals surface area contributed by atoms with Crippen LogP contribution in [0.25, 0.3) is 10.2 Å². The van der Waals surface area contributed by atoms with Crippen molar-refractivity contribution in [3.63, 3.8) is 0 Å². The lowest BCUT2D eigenvalue weighted by Crippen LogP contribution is -2.36. The van der Waals surface area contributed by atoms with E-state index in [1.165, 1.54) is 11.1 Å². The van der Waals surface area contributed by atoms with Crippen LogP contribution in [0.15, 0.2) is 22.6 Å². The maximum Gasteiger partial charge on any atom is 0.263 e. The van der Waals surface area contributed by atoms with Crippen LogP contribution in [0.5, 0.6) is 0 Å². The topological polar surface area (TPSA) is 49.6 Å². The van der Waals surface area contributed by atoms with Gasteiger partial charge in [0, 0.05) is 13.1 Å². The third-order valence-corrected chi connectivity index (χ3v) is 5.56. The van der Waals surface area contributed by atoms with E-state index in [9.17, 15) is 4.79 Å². The van der Waals surface area contributed by atoms with E-state index in [-0.39, 0.29) is 18.3 Å². The summed E-state index contributed by atoms with van der Waals surface area (Å²) in [6, 6.07) is 6.03. The largest absolute Gasteiger partial charge is 0.466 e. The molecule has 0 aliphatic carbocycles. The third kappa shape index (κ3) is 4.51. The van der Waals surface area contributed by atoms with Crippen LogP contribution in [0.1, 0.15) is 33.0 Å². The normalized spacial score (nSPS) is 11.1. The average molecular weight is 408 g/mol. The van der Waals surface area contributed by atoms with Gasteiger partial charge in [0.2, 0.25) is 0 Å². The van der Waals surface area contributed by atoms with Crippen LogP contribution in [0, 0.1) is 27.7 Å². The predicted octanol–water partition coefficient (Wildman–Crippen LogP) is 4.75. The first-order valence-electron chi connectivity index (χ1n) is 8.67. The lowest BCUT2D eigenvalue weighted by atomic mass is 10.1. The number of likely N-dealkylation sites (N-methyl/N-ethyl adjacent to an activating group) is 1. The van der Waals surface area contributed by atoms with Crippen molar-refractivity contribution in [1.82, 2.24) is 9.88 Å². The molecule has 0 saturated heterocycles. The number of rotatable bonds is 5. The molecule has 3 rings (SSSR count). The molecule has 1 aromatic carbocycles. The van der Waals surface area contributed by atoms with E-state index < -0.39 is 0 Å². The Hall–Kier alpha value is -1.89. The van der Waals surface area contributed by atoms with Crippen LogP contribution >= 0.6 is 23.7 Å². The van der Waals surface area contributed by atoms with E-state index in [1.54, 1.807) is 16.2 Å². The maximum absolute atomic E-state index is 13.2. The van der Waals surface area contributed by atoms with Crippen LogP contribution in [-0.2, 0) is 0 Å². The SMILES string of the molecule is Cc1cc(C)c2sc(N(CCN(C)C)C(=O)c3cc(C)oc3C)nc2c1.Cl. The van der Waals surface area contributed by atoms with Crippen molar-refractivity contribution in [3.8, 4) is 0 Å². The zero-order chi connectivity index (χ0) is 19.0. The molecule has 0 spiro atoms. The monoisotopic (exact) mass is 407 g/mol. The number of aryl methyl sites for hydroxylation is 4. The number of aromatic nitrogens is 1. The molecule has 146 valence electrons. The van der Waals surface area contributed by atoms with Gasteiger partial charge in [-0.15, -0.1) is 12.4 Å². The molecule has 0 fully saturated rings. The number of amides is 1. The first-order chi connectivity index (χ1) is 12.3. The Bertz CT molecular complexity index is 962.